The first-order valence-electron chi connectivity index (χ1n) is 5.82. The number of rotatable bonds is 3. The summed E-state index contributed by atoms with van der Waals surface area (Å²) in [5.74, 6) is -2.32. The molecule has 1 fully saturated rings. The molecule has 6 heteroatoms. The number of carbonyl (C=O) groups excluding carboxylic acids is 1. The second-order valence-corrected chi connectivity index (χ2v) is 4.69. The topological polar surface area (TPSA) is 49.3 Å². The smallest absolute Gasteiger partial charge is 0.391 e. The van der Waals surface area contributed by atoms with Gasteiger partial charge in [0.05, 0.1) is 12.5 Å². The van der Waals surface area contributed by atoms with E-state index in [1.165, 1.54) is 0 Å². The molecule has 0 radical (unpaired) electrons. The van der Waals surface area contributed by atoms with Crippen molar-refractivity contribution in [3.8, 4) is 0 Å². The molecule has 17 heavy (non-hydrogen) atoms. The number of amides is 1. The van der Waals surface area contributed by atoms with Crippen LogP contribution in [0.25, 0.3) is 0 Å². The summed E-state index contributed by atoms with van der Waals surface area (Å²) < 4.78 is 37.6. The number of carbonyl (C=O) groups is 1. The molecular weight excluding hydrogens is 235 g/mol. The van der Waals surface area contributed by atoms with Crippen LogP contribution < -0.4 is 5.32 Å². The highest BCUT2D eigenvalue weighted by Gasteiger charge is 2.43. The number of hydrogen-bond acceptors (Lipinski definition) is 2. The fourth-order valence-corrected chi connectivity index (χ4v) is 2.13. The third-order valence-electron chi connectivity index (χ3n) is 3.17. The third kappa shape index (κ3) is 4.18. The molecule has 0 aromatic rings. The quantitative estimate of drug-likeness (QED) is 0.806. The van der Waals surface area contributed by atoms with Crippen molar-refractivity contribution in [1.82, 2.24) is 5.32 Å². The van der Waals surface area contributed by atoms with Crippen LogP contribution in [0.4, 0.5) is 13.2 Å². The summed E-state index contributed by atoms with van der Waals surface area (Å²) in [4.78, 5) is 11.7. The van der Waals surface area contributed by atoms with Crippen LogP contribution in [0, 0.1) is 11.8 Å². The molecule has 1 rings (SSSR count). The maximum absolute atomic E-state index is 12.5. The summed E-state index contributed by atoms with van der Waals surface area (Å²) in [5.41, 5.74) is 0. The van der Waals surface area contributed by atoms with Gasteiger partial charge in [0.25, 0.3) is 0 Å². The lowest BCUT2D eigenvalue weighted by Crippen LogP contribution is -2.42. The van der Waals surface area contributed by atoms with E-state index in [2.05, 4.69) is 5.32 Å². The number of aliphatic hydroxyl groups excluding tert-OH is 1. The fourth-order valence-electron chi connectivity index (χ4n) is 2.13. The van der Waals surface area contributed by atoms with Gasteiger partial charge in [0.1, 0.15) is 0 Å². The van der Waals surface area contributed by atoms with Crippen molar-refractivity contribution >= 4 is 5.91 Å². The second kappa shape index (κ2) is 5.71. The molecule has 0 saturated heterocycles. The van der Waals surface area contributed by atoms with Crippen LogP contribution in [0.3, 0.4) is 0 Å². The average molecular weight is 253 g/mol. The van der Waals surface area contributed by atoms with E-state index in [-0.39, 0.29) is 25.4 Å². The number of nitrogens with one attached hydrogen (secondary N) is 1. The van der Waals surface area contributed by atoms with Crippen LogP contribution in [0.2, 0.25) is 0 Å². The molecule has 1 amide bonds. The molecule has 0 heterocycles. The Morgan fingerprint density at radius 2 is 2.12 bits per heavy atom. The van der Waals surface area contributed by atoms with Gasteiger partial charge in [-0.05, 0) is 26.2 Å². The van der Waals surface area contributed by atoms with E-state index in [1.807, 2.05) is 0 Å². The Bertz CT molecular complexity index is 268. The third-order valence-corrected chi connectivity index (χ3v) is 3.17. The Morgan fingerprint density at radius 3 is 2.65 bits per heavy atom. The van der Waals surface area contributed by atoms with E-state index in [9.17, 15) is 18.0 Å². The molecular formula is C11H18F3NO2. The van der Waals surface area contributed by atoms with Gasteiger partial charge in [0.15, 0.2) is 0 Å². The van der Waals surface area contributed by atoms with Gasteiger partial charge >= 0.3 is 6.18 Å². The summed E-state index contributed by atoms with van der Waals surface area (Å²) in [6, 6.07) is -0.409. The predicted octanol–water partition coefficient (Wildman–Crippen LogP) is 1.85. The second-order valence-electron chi connectivity index (χ2n) is 4.69. The maximum Gasteiger partial charge on any atom is 0.391 e. The summed E-state index contributed by atoms with van der Waals surface area (Å²) in [7, 11) is 0. The van der Waals surface area contributed by atoms with E-state index in [0.717, 1.165) is 0 Å². The van der Waals surface area contributed by atoms with Crippen LogP contribution in [0.15, 0.2) is 0 Å². The number of aliphatic hydroxyl groups is 1. The van der Waals surface area contributed by atoms with Gasteiger partial charge in [0.2, 0.25) is 5.91 Å². The van der Waals surface area contributed by atoms with Gasteiger partial charge in [-0.15, -0.1) is 0 Å². The summed E-state index contributed by atoms with van der Waals surface area (Å²) in [6.07, 6.45) is -3.30. The predicted molar refractivity (Wildman–Crippen MR) is 56.2 cm³/mol. The van der Waals surface area contributed by atoms with Crippen molar-refractivity contribution in [3.63, 3.8) is 0 Å². The Kier molecular flexibility index (Phi) is 4.80. The zero-order valence-electron chi connectivity index (χ0n) is 9.76. The molecule has 1 aliphatic carbocycles. The molecule has 0 aliphatic heterocycles. The minimum absolute atomic E-state index is 0.114. The lowest BCUT2D eigenvalue weighted by Gasteiger charge is -2.30. The molecule has 0 bridgehead atoms. The molecule has 0 aromatic heterocycles. The molecule has 0 spiro atoms. The Morgan fingerprint density at radius 1 is 1.47 bits per heavy atom. The molecule has 0 aromatic carbocycles. The average Bonchev–Trinajstić information content (AvgIpc) is 2.28. The van der Waals surface area contributed by atoms with Crippen LogP contribution >= 0.6 is 0 Å². The SMILES string of the molecule is CC(CO)NC(=O)C1CCCC(C(F)(F)F)C1. The Balaban J connectivity index is 2.52. The van der Waals surface area contributed by atoms with E-state index >= 15 is 0 Å². The summed E-state index contributed by atoms with van der Waals surface area (Å²) >= 11 is 0. The Hall–Kier alpha value is -0.780. The van der Waals surface area contributed by atoms with Crippen LogP contribution in [0.1, 0.15) is 32.6 Å². The lowest BCUT2D eigenvalue weighted by atomic mass is 9.80. The molecule has 3 nitrogen and oxygen atoms in total. The van der Waals surface area contributed by atoms with E-state index < -0.39 is 24.1 Å². The first-order chi connectivity index (χ1) is 7.84. The summed E-state index contributed by atoms with van der Waals surface area (Å²) in [5, 5.41) is 11.3. The molecule has 3 unspecified atom stereocenters. The molecule has 3 atom stereocenters. The molecule has 1 saturated carbocycles. The molecule has 2 N–H and O–H groups in total. The van der Waals surface area contributed by atoms with Crippen molar-refractivity contribution in [2.45, 2.75) is 44.8 Å². The first-order valence-corrected chi connectivity index (χ1v) is 5.82. The van der Waals surface area contributed by atoms with Gasteiger partial charge < -0.3 is 10.4 Å². The van der Waals surface area contributed by atoms with Crippen LogP contribution in [0.5, 0.6) is 0 Å². The minimum atomic E-state index is -4.21. The summed E-state index contributed by atoms with van der Waals surface area (Å²) in [6.45, 7) is 1.41. The highest BCUT2D eigenvalue weighted by atomic mass is 19.4. The van der Waals surface area contributed by atoms with Gasteiger partial charge in [-0.3, -0.25) is 4.79 Å². The van der Waals surface area contributed by atoms with Crippen LogP contribution in [-0.4, -0.2) is 29.8 Å². The first kappa shape index (κ1) is 14.3. The van der Waals surface area contributed by atoms with Gasteiger partial charge in [-0.2, -0.15) is 13.2 Å². The van der Waals surface area contributed by atoms with Gasteiger partial charge in [0, 0.05) is 12.0 Å². The van der Waals surface area contributed by atoms with Crippen LogP contribution in [-0.2, 0) is 4.79 Å². The zero-order valence-corrected chi connectivity index (χ0v) is 9.76. The minimum Gasteiger partial charge on any atom is -0.394 e. The maximum atomic E-state index is 12.5. The van der Waals surface area contributed by atoms with E-state index in [0.29, 0.717) is 12.8 Å². The van der Waals surface area contributed by atoms with Gasteiger partial charge in [-0.1, -0.05) is 6.42 Å². The normalized spacial score (nSPS) is 27.6. The Labute approximate surface area is 98.4 Å². The van der Waals surface area contributed by atoms with Gasteiger partial charge in [-0.25, -0.2) is 0 Å². The van der Waals surface area contributed by atoms with Crippen molar-refractivity contribution < 1.29 is 23.1 Å². The number of hydrogen-bond donors (Lipinski definition) is 2. The monoisotopic (exact) mass is 253 g/mol. The lowest BCUT2D eigenvalue weighted by molar-refractivity contribution is -0.186. The highest BCUT2D eigenvalue weighted by molar-refractivity contribution is 5.79. The van der Waals surface area contributed by atoms with E-state index in [1.54, 1.807) is 6.92 Å². The standard InChI is InChI=1S/C11H18F3NO2/c1-7(6-16)15-10(17)8-3-2-4-9(5-8)11(12,13)14/h7-9,16H,2-6H2,1H3,(H,15,17). The van der Waals surface area contributed by atoms with Crippen molar-refractivity contribution in [2.24, 2.45) is 11.8 Å². The largest absolute Gasteiger partial charge is 0.394 e. The highest BCUT2D eigenvalue weighted by Crippen LogP contribution is 2.39. The van der Waals surface area contributed by atoms with Crippen molar-refractivity contribution in [1.29, 1.82) is 0 Å². The number of halogens is 3. The number of alkyl halides is 3. The molecule has 1 aliphatic rings. The zero-order chi connectivity index (χ0) is 13.1. The fraction of sp³-hybridized carbons (Fsp3) is 0.909. The van der Waals surface area contributed by atoms with E-state index in [4.69, 9.17) is 5.11 Å². The van der Waals surface area contributed by atoms with Crippen molar-refractivity contribution in [2.75, 3.05) is 6.61 Å². The molecule has 100 valence electrons. The van der Waals surface area contributed by atoms with Crippen molar-refractivity contribution in [3.05, 3.63) is 0 Å².